The highest BCUT2D eigenvalue weighted by Gasteiger charge is 2.19. The fourth-order valence-electron chi connectivity index (χ4n) is 1.06. The monoisotopic (exact) mass is 291 g/mol. The maximum atomic E-state index is 11.1. The fourth-order valence-corrected chi connectivity index (χ4v) is 1.80. The van der Waals surface area contributed by atoms with Crippen molar-refractivity contribution in [2.24, 2.45) is 0 Å². The lowest BCUT2D eigenvalue weighted by molar-refractivity contribution is -0.384. The van der Waals surface area contributed by atoms with E-state index < -0.39 is 9.75 Å². The minimum Gasteiger partial charge on any atom is -0.298 e. The number of nitro benzene ring substituents is 1. The highest BCUT2D eigenvalue weighted by molar-refractivity contribution is 9.09. The molecule has 0 fully saturated rings. The molecule has 0 saturated heterocycles. The van der Waals surface area contributed by atoms with E-state index in [1.54, 1.807) is 0 Å². The third-order valence-corrected chi connectivity index (χ3v) is 3.30. The summed E-state index contributed by atoms with van der Waals surface area (Å²) in [5, 5.41) is 10.9. The molecular weight excluding hydrogens is 285 g/mol. The van der Waals surface area contributed by atoms with Crippen LogP contribution in [0.5, 0.6) is 0 Å². The number of hydrogen-bond donors (Lipinski definition) is 0. The van der Waals surface area contributed by atoms with Crippen LogP contribution >= 0.6 is 27.5 Å². The molecule has 1 aromatic rings. The molecule has 0 aliphatic carbocycles. The maximum Gasteiger partial charge on any atom is 0.269 e. The zero-order valence-corrected chi connectivity index (χ0v) is 10.1. The van der Waals surface area contributed by atoms with Gasteiger partial charge in [-0.15, -0.1) is 0 Å². The second-order valence-electron chi connectivity index (χ2n) is 2.94. The van der Waals surface area contributed by atoms with Crippen molar-refractivity contribution < 1.29 is 9.72 Å². The first kappa shape index (κ1) is 12.1. The largest absolute Gasteiger partial charge is 0.298 e. The molecule has 0 aliphatic heterocycles. The Morgan fingerprint density at radius 2 is 2.20 bits per heavy atom. The molecule has 0 N–H and O–H groups in total. The van der Waals surface area contributed by atoms with Crippen molar-refractivity contribution >= 4 is 39.0 Å². The van der Waals surface area contributed by atoms with E-state index in [1.165, 1.54) is 25.1 Å². The van der Waals surface area contributed by atoms with E-state index in [9.17, 15) is 14.9 Å². The first-order chi connectivity index (χ1) is 6.93. The van der Waals surface area contributed by atoms with E-state index in [0.29, 0.717) is 10.6 Å². The average Bonchev–Trinajstić information content (AvgIpc) is 2.16. The van der Waals surface area contributed by atoms with Gasteiger partial charge in [0.1, 0.15) is 5.78 Å². The van der Waals surface area contributed by atoms with Crippen LogP contribution in [0.4, 0.5) is 5.69 Å². The van der Waals surface area contributed by atoms with Crippen molar-refractivity contribution in [2.45, 2.75) is 11.8 Å². The summed E-state index contributed by atoms with van der Waals surface area (Å²) in [6, 6.07) is 4.00. The van der Waals surface area contributed by atoms with Crippen LogP contribution in [0.3, 0.4) is 0 Å². The standard InChI is InChI=1S/C9H7BrClNO3/c1-5(13)9(10)7-4-6(12(14)15)2-3-8(7)11/h2-4,9H,1H3. The van der Waals surface area contributed by atoms with E-state index in [1.807, 2.05) is 0 Å². The Bertz CT molecular complexity index is 422. The lowest BCUT2D eigenvalue weighted by atomic mass is 10.1. The summed E-state index contributed by atoms with van der Waals surface area (Å²) in [4.78, 5) is 20.5. The number of halogens is 2. The summed E-state index contributed by atoms with van der Waals surface area (Å²) < 4.78 is 0. The number of hydrogen-bond acceptors (Lipinski definition) is 3. The minimum atomic E-state index is -0.607. The summed E-state index contributed by atoms with van der Waals surface area (Å²) >= 11 is 8.96. The number of rotatable bonds is 3. The van der Waals surface area contributed by atoms with Crippen molar-refractivity contribution in [1.29, 1.82) is 0 Å². The fraction of sp³-hybridized carbons (Fsp3) is 0.222. The SMILES string of the molecule is CC(=O)C(Br)c1cc([N+](=O)[O-])ccc1Cl. The third kappa shape index (κ3) is 2.76. The maximum absolute atomic E-state index is 11.1. The summed E-state index contributed by atoms with van der Waals surface area (Å²) in [5.74, 6) is -0.155. The van der Waals surface area contributed by atoms with Crippen LogP contribution < -0.4 is 0 Å². The van der Waals surface area contributed by atoms with E-state index in [4.69, 9.17) is 11.6 Å². The molecule has 1 rings (SSSR count). The van der Waals surface area contributed by atoms with Gasteiger partial charge in [-0.2, -0.15) is 0 Å². The molecular formula is C9H7BrClNO3. The normalized spacial score (nSPS) is 12.2. The van der Waals surface area contributed by atoms with E-state index in [0.717, 1.165) is 0 Å². The molecule has 0 aliphatic rings. The Labute approximate surface area is 99.5 Å². The molecule has 80 valence electrons. The van der Waals surface area contributed by atoms with Crippen molar-refractivity contribution in [3.8, 4) is 0 Å². The Hall–Kier alpha value is -0.940. The molecule has 0 bridgehead atoms. The Kier molecular flexibility index (Phi) is 3.82. The number of carbonyl (C=O) groups excluding carboxylic acids is 1. The zero-order chi connectivity index (χ0) is 11.6. The molecule has 0 radical (unpaired) electrons. The van der Waals surface area contributed by atoms with Gasteiger partial charge in [0, 0.05) is 17.2 Å². The summed E-state index contributed by atoms with van der Waals surface area (Å²) in [6.45, 7) is 1.38. The van der Waals surface area contributed by atoms with Gasteiger partial charge in [0.05, 0.1) is 9.75 Å². The Balaban J connectivity index is 3.22. The summed E-state index contributed by atoms with van der Waals surface area (Å²) in [6.07, 6.45) is 0. The number of nitrogens with zero attached hydrogens (tertiary/aromatic N) is 1. The van der Waals surface area contributed by atoms with Crippen molar-refractivity contribution in [2.75, 3.05) is 0 Å². The van der Waals surface area contributed by atoms with Gasteiger partial charge in [0.15, 0.2) is 0 Å². The molecule has 15 heavy (non-hydrogen) atoms. The molecule has 0 saturated carbocycles. The van der Waals surface area contributed by atoms with Gasteiger partial charge >= 0.3 is 0 Å². The van der Waals surface area contributed by atoms with Crippen molar-refractivity contribution in [1.82, 2.24) is 0 Å². The van der Waals surface area contributed by atoms with Gasteiger partial charge in [0.2, 0.25) is 0 Å². The molecule has 0 heterocycles. The highest BCUT2D eigenvalue weighted by Crippen LogP contribution is 2.32. The number of carbonyl (C=O) groups is 1. The molecule has 4 nitrogen and oxygen atoms in total. The first-order valence-electron chi connectivity index (χ1n) is 4.02. The van der Waals surface area contributed by atoms with Crippen LogP contribution in [0.25, 0.3) is 0 Å². The topological polar surface area (TPSA) is 60.2 Å². The first-order valence-corrected chi connectivity index (χ1v) is 5.31. The Morgan fingerprint density at radius 3 is 2.67 bits per heavy atom. The van der Waals surface area contributed by atoms with Gasteiger partial charge < -0.3 is 0 Å². The van der Waals surface area contributed by atoms with Crippen LogP contribution in [0.15, 0.2) is 18.2 Å². The summed E-state index contributed by atoms with van der Waals surface area (Å²) in [5.41, 5.74) is 0.332. The van der Waals surface area contributed by atoms with E-state index in [2.05, 4.69) is 15.9 Å². The predicted molar refractivity (Wildman–Crippen MR) is 60.5 cm³/mol. The summed E-state index contributed by atoms with van der Waals surface area (Å²) in [7, 11) is 0. The zero-order valence-electron chi connectivity index (χ0n) is 7.74. The number of nitro groups is 1. The lowest BCUT2D eigenvalue weighted by Crippen LogP contribution is -2.02. The van der Waals surface area contributed by atoms with E-state index in [-0.39, 0.29) is 11.5 Å². The Morgan fingerprint density at radius 1 is 1.60 bits per heavy atom. The quantitative estimate of drug-likeness (QED) is 0.488. The number of non-ortho nitro benzene ring substituents is 1. The van der Waals surface area contributed by atoms with Crippen LogP contribution in [-0.4, -0.2) is 10.7 Å². The second kappa shape index (κ2) is 4.72. The van der Waals surface area contributed by atoms with Crippen molar-refractivity contribution in [3.05, 3.63) is 38.9 Å². The van der Waals surface area contributed by atoms with Crippen LogP contribution in [0, 0.1) is 10.1 Å². The van der Waals surface area contributed by atoms with Crippen LogP contribution in [-0.2, 0) is 4.79 Å². The van der Waals surface area contributed by atoms with Crippen LogP contribution in [0.1, 0.15) is 17.3 Å². The number of benzene rings is 1. The van der Waals surface area contributed by atoms with Gasteiger partial charge in [0.25, 0.3) is 5.69 Å². The van der Waals surface area contributed by atoms with Gasteiger partial charge in [-0.1, -0.05) is 27.5 Å². The third-order valence-electron chi connectivity index (χ3n) is 1.82. The number of alkyl halides is 1. The molecule has 1 atom stereocenters. The predicted octanol–water partition coefficient (Wildman–Crippen LogP) is 3.27. The van der Waals surface area contributed by atoms with Crippen molar-refractivity contribution in [3.63, 3.8) is 0 Å². The minimum absolute atomic E-state index is 0.0832. The molecule has 1 aromatic carbocycles. The van der Waals surface area contributed by atoms with E-state index >= 15 is 0 Å². The molecule has 0 spiro atoms. The number of Topliss-reactive ketones (excluding diaryl/α,β-unsaturated/α-hetero) is 1. The lowest BCUT2D eigenvalue weighted by Gasteiger charge is -2.07. The van der Waals surface area contributed by atoms with Gasteiger partial charge in [-0.3, -0.25) is 14.9 Å². The molecule has 1 unspecified atom stereocenters. The number of ketones is 1. The smallest absolute Gasteiger partial charge is 0.269 e. The van der Waals surface area contributed by atoms with Gasteiger partial charge in [-0.05, 0) is 18.6 Å². The highest BCUT2D eigenvalue weighted by atomic mass is 79.9. The second-order valence-corrected chi connectivity index (χ2v) is 4.26. The van der Waals surface area contributed by atoms with Crippen LogP contribution in [0.2, 0.25) is 5.02 Å². The molecule has 6 heteroatoms. The average molecular weight is 293 g/mol. The molecule has 0 amide bonds. The van der Waals surface area contributed by atoms with Gasteiger partial charge in [-0.25, -0.2) is 0 Å². The molecule has 0 aromatic heterocycles.